The van der Waals surface area contributed by atoms with E-state index in [9.17, 15) is 0 Å². The van der Waals surface area contributed by atoms with Crippen LogP contribution in [0.2, 0.25) is 0 Å². The molecule has 0 fully saturated rings. The van der Waals surface area contributed by atoms with E-state index in [0.717, 1.165) is 18.8 Å². The first-order chi connectivity index (χ1) is 8.54. The second-order valence-electron chi connectivity index (χ2n) is 4.39. The Hall–Kier alpha value is -2.11. The summed E-state index contributed by atoms with van der Waals surface area (Å²) < 4.78 is 1.81. The van der Waals surface area contributed by atoms with Crippen LogP contribution in [0.3, 0.4) is 0 Å². The Kier molecular flexibility index (Phi) is 3.45. The minimum absolute atomic E-state index is 0.505. The number of rotatable bonds is 4. The summed E-state index contributed by atoms with van der Waals surface area (Å²) in [7, 11) is 3.92. The first kappa shape index (κ1) is 12.3. The maximum Gasteiger partial charge on any atom is 0.134 e. The number of aryl methyl sites for hydroxylation is 2. The number of nitrogens with zero attached hydrogens (tertiary/aromatic N) is 5. The van der Waals surface area contributed by atoms with Gasteiger partial charge in [-0.3, -0.25) is 4.68 Å². The lowest BCUT2D eigenvalue weighted by Crippen LogP contribution is -2.22. The fraction of sp³-hybridized carbons (Fsp3) is 0.417. The van der Waals surface area contributed by atoms with E-state index in [1.165, 1.54) is 5.56 Å². The van der Waals surface area contributed by atoms with Crippen molar-refractivity contribution in [2.45, 2.75) is 13.3 Å². The zero-order valence-electron chi connectivity index (χ0n) is 11.0. The average Bonchev–Trinajstić information content (AvgIpc) is 2.70. The molecule has 0 amide bonds. The molecule has 0 radical (unpaired) electrons. The van der Waals surface area contributed by atoms with Crippen molar-refractivity contribution >= 4 is 11.6 Å². The molecule has 6 nitrogen and oxygen atoms in total. The van der Waals surface area contributed by atoms with Crippen LogP contribution in [0.4, 0.5) is 11.6 Å². The van der Waals surface area contributed by atoms with Crippen molar-refractivity contribution in [3.05, 3.63) is 29.8 Å². The quantitative estimate of drug-likeness (QED) is 0.863. The molecule has 0 unspecified atom stereocenters. The summed E-state index contributed by atoms with van der Waals surface area (Å²) in [5.74, 6) is 2.05. The normalized spacial score (nSPS) is 10.6. The molecular weight excluding hydrogens is 228 g/mol. The summed E-state index contributed by atoms with van der Waals surface area (Å²) in [4.78, 5) is 10.5. The molecule has 0 bridgehead atoms. The predicted octanol–water partition coefficient (Wildman–Crippen LogP) is 0.780. The van der Waals surface area contributed by atoms with Gasteiger partial charge in [0.2, 0.25) is 0 Å². The van der Waals surface area contributed by atoms with Crippen molar-refractivity contribution in [2.75, 3.05) is 24.2 Å². The standard InChI is InChI=1S/C12H18N6/c1-9-15-11(13)6-12(16-9)17(2)5-4-10-7-14-18(3)8-10/h6-8H,4-5H2,1-3H3,(H2,13,15,16). The molecule has 0 saturated carbocycles. The SMILES string of the molecule is Cc1nc(N)cc(N(C)CCc2cnn(C)c2)n1. The maximum atomic E-state index is 5.72. The first-order valence-electron chi connectivity index (χ1n) is 5.84. The van der Waals surface area contributed by atoms with Crippen molar-refractivity contribution < 1.29 is 0 Å². The molecule has 0 atom stereocenters. The molecule has 18 heavy (non-hydrogen) atoms. The number of hydrogen-bond acceptors (Lipinski definition) is 5. The summed E-state index contributed by atoms with van der Waals surface area (Å²) in [5, 5.41) is 4.15. The van der Waals surface area contributed by atoms with Crippen LogP contribution < -0.4 is 10.6 Å². The Morgan fingerprint density at radius 2 is 2.17 bits per heavy atom. The molecule has 96 valence electrons. The third-order valence-electron chi connectivity index (χ3n) is 2.73. The van der Waals surface area contributed by atoms with E-state index in [0.29, 0.717) is 11.6 Å². The highest BCUT2D eigenvalue weighted by atomic mass is 15.2. The van der Waals surface area contributed by atoms with Gasteiger partial charge in [0.05, 0.1) is 6.20 Å². The number of nitrogen functional groups attached to an aromatic ring is 1. The Morgan fingerprint density at radius 1 is 1.39 bits per heavy atom. The molecule has 2 heterocycles. The van der Waals surface area contributed by atoms with Gasteiger partial charge < -0.3 is 10.6 Å². The largest absolute Gasteiger partial charge is 0.384 e. The van der Waals surface area contributed by atoms with E-state index in [1.807, 2.05) is 38.1 Å². The zero-order valence-corrected chi connectivity index (χ0v) is 11.0. The second kappa shape index (κ2) is 5.03. The molecular formula is C12H18N6. The van der Waals surface area contributed by atoms with Gasteiger partial charge in [-0.1, -0.05) is 0 Å². The van der Waals surface area contributed by atoms with Crippen LogP contribution in [-0.2, 0) is 13.5 Å². The molecule has 2 aromatic rings. The van der Waals surface area contributed by atoms with Crippen molar-refractivity contribution in [3.8, 4) is 0 Å². The first-order valence-corrected chi connectivity index (χ1v) is 5.84. The van der Waals surface area contributed by atoms with Crippen LogP contribution in [0.5, 0.6) is 0 Å². The molecule has 0 spiro atoms. The molecule has 2 N–H and O–H groups in total. The number of anilines is 2. The lowest BCUT2D eigenvalue weighted by Gasteiger charge is -2.18. The number of aromatic nitrogens is 4. The van der Waals surface area contributed by atoms with E-state index >= 15 is 0 Å². The van der Waals surface area contributed by atoms with E-state index in [-0.39, 0.29) is 0 Å². The summed E-state index contributed by atoms with van der Waals surface area (Å²) in [6, 6.07) is 1.79. The summed E-state index contributed by atoms with van der Waals surface area (Å²) in [5.41, 5.74) is 6.93. The smallest absolute Gasteiger partial charge is 0.134 e. The average molecular weight is 246 g/mol. The molecule has 0 aliphatic carbocycles. The number of nitrogens with two attached hydrogens (primary N) is 1. The Morgan fingerprint density at radius 3 is 2.78 bits per heavy atom. The lowest BCUT2D eigenvalue weighted by molar-refractivity contribution is 0.766. The molecule has 0 saturated heterocycles. The van der Waals surface area contributed by atoms with Gasteiger partial charge >= 0.3 is 0 Å². The van der Waals surface area contributed by atoms with E-state index in [4.69, 9.17) is 5.73 Å². The van der Waals surface area contributed by atoms with E-state index in [1.54, 1.807) is 6.07 Å². The van der Waals surface area contributed by atoms with Crippen LogP contribution in [0.25, 0.3) is 0 Å². The van der Waals surface area contributed by atoms with Gasteiger partial charge in [-0.2, -0.15) is 5.10 Å². The number of likely N-dealkylation sites (N-methyl/N-ethyl adjacent to an activating group) is 1. The highest BCUT2D eigenvalue weighted by Crippen LogP contribution is 2.12. The number of hydrogen-bond donors (Lipinski definition) is 1. The molecule has 2 rings (SSSR count). The molecule has 0 aliphatic heterocycles. The molecule has 2 aromatic heterocycles. The zero-order chi connectivity index (χ0) is 13.1. The molecule has 0 aromatic carbocycles. The summed E-state index contributed by atoms with van der Waals surface area (Å²) in [6.45, 7) is 2.70. The molecule has 6 heteroatoms. The second-order valence-corrected chi connectivity index (χ2v) is 4.39. The van der Waals surface area contributed by atoms with Gasteiger partial charge in [0, 0.05) is 32.9 Å². The Labute approximate surface area is 106 Å². The highest BCUT2D eigenvalue weighted by Gasteiger charge is 2.06. The van der Waals surface area contributed by atoms with Gasteiger partial charge in [0.1, 0.15) is 17.5 Å². The van der Waals surface area contributed by atoms with Crippen LogP contribution in [0, 0.1) is 6.92 Å². The van der Waals surface area contributed by atoms with Crippen LogP contribution in [0.15, 0.2) is 18.5 Å². The van der Waals surface area contributed by atoms with Crippen LogP contribution in [-0.4, -0.2) is 33.3 Å². The minimum atomic E-state index is 0.505. The summed E-state index contributed by atoms with van der Waals surface area (Å²) in [6.07, 6.45) is 4.83. The van der Waals surface area contributed by atoms with Crippen molar-refractivity contribution in [3.63, 3.8) is 0 Å². The van der Waals surface area contributed by atoms with Crippen molar-refractivity contribution in [2.24, 2.45) is 7.05 Å². The van der Waals surface area contributed by atoms with Gasteiger partial charge in [-0.15, -0.1) is 0 Å². The van der Waals surface area contributed by atoms with Crippen molar-refractivity contribution in [1.29, 1.82) is 0 Å². The van der Waals surface area contributed by atoms with Crippen molar-refractivity contribution in [1.82, 2.24) is 19.7 Å². The monoisotopic (exact) mass is 246 g/mol. The third-order valence-corrected chi connectivity index (χ3v) is 2.73. The topological polar surface area (TPSA) is 72.9 Å². The van der Waals surface area contributed by atoms with E-state index in [2.05, 4.69) is 20.0 Å². The Balaban J connectivity index is 2.01. The van der Waals surface area contributed by atoms with Gasteiger partial charge in [-0.25, -0.2) is 9.97 Å². The van der Waals surface area contributed by atoms with Gasteiger partial charge in [0.25, 0.3) is 0 Å². The van der Waals surface area contributed by atoms with Crippen LogP contribution in [0.1, 0.15) is 11.4 Å². The predicted molar refractivity (Wildman–Crippen MR) is 71.4 cm³/mol. The Bertz CT molecular complexity index is 513. The van der Waals surface area contributed by atoms with E-state index < -0.39 is 0 Å². The minimum Gasteiger partial charge on any atom is -0.384 e. The third kappa shape index (κ3) is 2.97. The van der Waals surface area contributed by atoms with Gasteiger partial charge in [-0.05, 0) is 18.9 Å². The fourth-order valence-corrected chi connectivity index (χ4v) is 1.78. The lowest BCUT2D eigenvalue weighted by atomic mass is 10.2. The fourth-order valence-electron chi connectivity index (χ4n) is 1.78. The summed E-state index contributed by atoms with van der Waals surface area (Å²) >= 11 is 0. The maximum absolute atomic E-state index is 5.72. The van der Waals surface area contributed by atoms with Crippen LogP contribution >= 0.6 is 0 Å². The molecule has 0 aliphatic rings. The van der Waals surface area contributed by atoms with Gasteiger partial charge in [0.15, 0.2) is 0 Å². The highest BCUT2D eigenvalue weighted by molar-refractivity contribution is 5.46.